The van der Waals surface area contributed by atoms with E-state index in [0.717, 1.165) is 31.4 Å². The van der Waals surface area contributed by atoms with Crippen LogP contribution in [0, 0.1) is 0 Å². The molecule has 5 heteroatoms. The van der Waals surface area contributed by atoms with E-state index in [-0.39, 0.29) is 12.1 Å². The molecular formula is C14H19Cl2NO2. The highest BCUT2D eigenvalue weighted by molar-refractivity contribution is 6.34. The molecule has 0 saturated carbocycles. The number of hydrogen-bond donors (Lipinski definition) is 1. The molecule has 2 rings (SSSR count). The molecule has 2 N–H and O–H groups in total. The van der Waals surface area contributed by atoms with Gasteiger partial charge < -0.3 is 15.2 Å². The molecule has 1 aromatic carbocycles. The van der Waals surface area contributed by atoms with Gasteiger partial charge in [0.2, 0.25) is 0 Å². The summed E-state index contributed by atoms with van der Waals surface area (Å²) >= 11 is 12.5. The summed E-state index contributed by atoms with van der Waals surface area (Å²) in [6, 6.07) is 3.27. The average molecular weight is 304 g/mol. The number of halogens is 2. The Kier molecular flexibility index (Phi) is 5.34. The van der Waals surface area contributed by atoms with E-state index in [2.05, 4.69) is 0 Å². The highest BCUT2D eigenvalue weighted by Gasteiger charge is 2.25. The third-order valence-electron chi connectivity index (χ3n) is 3.33. The van der Waals surface area contributed by atoms with Gasteiger partial charge >= 0.3 is 0 Å². The molecule has 0 spiro atoms. The predicted octanol–water partition coefficient (Wildman–Crippen LogP) is 3.96. The maximum atomic E-state index is 6.28. The molecule has 0 aliphatic carbocycles. The molecule has 1 heterocycles. The molecule has 1 saturated heterocycles. The van der Waals surface area contributed by atoms with Gasteiger partial charge in [-0.05, 0) is 37.8 Å². The normalized spacial score (nSPS) is 21.2. The Morgan fingerprint density at radius 3 is 2.79 bits per heavy atom. The molecule has 1 aliphatic heterocycles. The van der Waals surface area contributed by atoms with Crippen LogP contribution in [0.1, 0.15) is 37.8 Å². The molecule has 19 heavy (non-hydrogen) atoms. The molecule has 2 atom stereocenters. The van der Waals surface area contributed by atoms with E-state index in [1.165, 1.54) is 0 Å². The Morgan fingerprint density at radius 1 is 1.37 bits per heavy atom. The van der Waals surface area contributed by atoms with E-state index in [1.807, 2.05) is 6.92 Å². The van der Waals surface area contributed by atoms with Gasteiger partial charge in [0.05, 0.1) is 23.8 Å². The molecule has 0 radical (unpaired) electrons. The van der Waals surface area contributed by atoms with Crippen molar-refractivity contribution in [3.63, 3.8) is 0 Å². The molecule has 0 bridgehead atoms. The van der Waals surface area contributed by atoms with Crippen LogP contribution in [0.3, 0.4) is 0 Å². The Bertz CT molecular complexity index is 434. The molecule has 0 aromatic heterocycles. The van der Waals surface area contributed by atoms with Crippen LogP contribution >= 0.6 is 23.2 Å². The van der Waals surface area contributed by atoms with Gasteiger partial charge in [-0.15, -0.1) is 0 Å². The van der Waals surface area contributed by atoms with Crippen molar-refractivity contribution in [2.45, 2.75) is 38.3 Å². The molecule has 106 valence electrons. The third kappa shape index (κ3) is 3.54. The fourth-order valence-corrected chi connectivity index (χ4v) is 2.82. The summed E-state index contributed by atoms with van der Waals surface area (Å²) in [5.74, 6) is 0.592. The molecule has 1 fully saturated rings. The van der Waals surface area contributed by atoms with Crippen molar-refractivity contribution in [3.8, 4) is 5.75 Å². The fraction of sp³-hybridized carbons (Fsp3) is 0.571. The van der Waals surface area contributed by atoms with E-state index in [1.54, 1.807) is 12.1 Å². The second-order valence-electron chi connectivity index (χ2n) is 4.67. The van der Waals surface area contributed by atoms with Crippen molar-refractivity contribution in [3.05, 3.63) is 27.7 Å². The van der Waals surface area contributed by atoms with Crippen molar-refractivity contribution in [2.24, 2.45) is 5.73 Å². The summed E-state index contributed by atoms with van der Waals surface area (Å²) < 4.78 is 11.1. The van der Waals surface area contributed by atoms with Crippen LogP contribution in [0.25, 0.3) is 0 Å². The molecule has 3 nitrogen and oxygen atoms in total. The smallest absolute Gasteiger partial charge is 0.139 e. The largest absolute Gasteiger partial charge is 0.492 e. The van der Waals surface area contributed by atoms with Crippen molar-refractivity contribution in [1.82, 2.24) is 0 Å². The standard InChI is InChI=1S/C14H19Cl2NO2/c1-2-18-13-8-10(15)9(7-11(13)16)14(17)12-5-3-4-6-19-12/h7-8,12,14H,2-6,17H2,1H3. The van der Waals surface area contributed by atoms with E-state index in [4.69, 9.17) is 38.4 Å². The SMILES string of the molecule is CCOc1cc(Cl)c(C(N)C2CCCCO2)cc1Cl. The fourth-order valence-electron chi connectivity index (χ4n) is 2.31. The predicted molar refractivity (Wildman–Crippen MR) is 78.2 cm³/mol. The first kappa shape index (κ1) is 14.9. The van der Waals surface area contributed by atoms with E-state index in [0.29, 0.717) is 22.4 Å². The minimum atomic E-state index is -0.249. The van der Waals surface area contributed by atoms with Crippen LogP contribution in [0.5, 0.6) is 5.75 Å². The quantitative estimate of drug-likeness (QED) is 0.915. The van der Waals surface area contributed by atoms with Gasteiger partial charge in [0.15, 0.2) is 0 Å². The summed E-state index contributed by atoms with van der Waals surface area (Å²) in [7, 11) is 0. The minimum Gasteiger partial charge on any atom is -0.492 e. The van der Waals surface area contributed by atoms with Crippen LogP contribution < -0.4 is 10.5 Å². The molecule has 2 unspecified atom stereocenters. The Hall–Kier alpha value is -0.480. The van der Waals surface area contributed by atoms with Crippen LogP contribution in [-0.2, 0) is 4.74 Å². The summed E-state index contributed by atoms with van der Waals surface area (Å²) in [5, 5.41) is 1.11. The molecular weight excluding hydrogens is 285 g/mol. The second kappa shape index (κ2) is 6.80. The monoisotopic (exact) mass is 303 g/mol. The summed E-state index contributed by atoms with van der Waals surface area (Å²) in [5.41, 5.74) is 7.08. The average Bonchev–Trinajstić information content (AvgIpc) is 2.43. The summed E-state index contributed by atoms with van der Waals surface area (Å²) in [6.45, 7) is 3.22. The summed E-state index contributed by atoms with van der Waals surface area (Å²) in [4.78, 5) is 0. The van der Waals surface area contributed by atoms with E-state index >= 15 is 0 Å². The van der Waals surface area contributed by atoms with E-state index in [9.17, 15) is 0 Å². The van der Waals surface area contributed by atoms with Crippen molar-refractivity contribution < 1.29 is 9.47 Å². The maximum absolute atomic E-state index is 6.28. The third-order valence-corrected chi connectivity index (χ3v) is 3.95. The number of ether oxygens (including phenoxy) is 2. The lowest BCUT2D eigenvalue weighted by molar-refractivity contribution is 0.0000215. The number of benzene rings is 1. The van der Waals surface area contributed by atoms with Crippen LogP contribution in [-0.4, -0.2) is 19.3 Å². The number of rotatable bonds is 4. The van der Waals surface area contributed by atoms with Crippen LogP contribution in [0.4, 0.5) is 0 Å². The lowest BCUT2D eigenvalue weighted by Crippen LogP contribution is -2.32. The molecule has 1 aliphatic rings. The van der Waals surface area contributed by atoms with Gasteiger partial charge in [-0.25, -0.2) is 0 Å². The Labute approximate surface area is 124 Å². The summed E-state index contributed by atoms with van der Waals surface area (Å²) in [6.07, 6.45) is 3.21. The Morgan fingerprint density at radius 2 is 2.16 bits per heavy atom. The van der Waals surface area contributed by atoms with Gasteiger partial charge in [0.1, 0.15) is 5.75 Å². The molecule has 1 aromatic rings. The highest BCUT2D eigenvalue weighted by atomic mass is 35.5. The van der Waals surface area contributed by atoms with Crippen molar-refractivity contribution >= 4 is 23.2 Å². The van der Waals surface area contributed by atoms with Crippen LogP contribution in [0.2, 0.25) is 10.0 Å². The number of hydrogen-bond acceptors (Lipinski definition) is 3. The first-order chi connectivity index (χ1) is 9.13. The molecule has 0 amide bonds. The van der Waals surface area contributed by atoms with Gasteiger partial charge in [0.25, 0.3) is 0 Å². The first-order valence-corrected chi connectivity index (χ1v) is 7.38. The zero-order valence-electron chi connectivity index (χ0n) is 11.0. The Balaban J connectivity index is 2.21. The minimum absolute atomic E-state index is 0.0141. The second-order valence-corrected chi connectivity index (χ2v) is 5.48. The van der Waals surface area contributed by atoms with E-state index < -0.39 is 0 Å². The highest BCUT2D eigenvalue weighted by Crippen LogP contribution is 2.36. The zero-order valence-corrected chi connectivity index (χ0v) is 12.5. The number of nitrogens with two attached hydrogens (primary N) is 1. The van der Waals surface area contributed by atoms with Crippen LogP contribution in [0.15, 0.2) is 12.1 Å². The lowest BCUT2D eigenvalue weighted by Gasteiger charge is -2.29. The maximum Gasteiger partial charge on any atom is 0.139 e. The van der Waals surface area contributed by atoms with Gasteiger partial charge in [-0.3, -0.25) is 0 Å². The first-order valence-electron chi connectivity index (χ1n) is 6.62. The van der Waals surface area contributed by atoms with Crippen molar-refractivity contribution in [2.75, 3.05) is 13.2 Å². The zero-order chi connectivity index (χ0) is 13.8. The van der Waals surface area contributed by atoms with Gasteiger partial charge in [0, 0.05) is 17.7 Å². The lowest BCUT2D eigenvalue weighted by atomic mass is 9.96. The van der Waals surface area contributed by atoms with Gasteiger partial charge in [-0.2, -0.15) is 0 Å². The van der Waals surface area contributed by atoms with Gasteiger partial charge in [-0.1, -0.05) is 23.2 Å². The van der Waals surface area contributed by atoms with Crippen molar-refractivity contribution in [1.29, 1.82) is 0 Å². The topological polar surface area (TPSA) is 44.5 Å².